The molecule has 0 radical (unpaired) electrons. The van der Waals surface area contributed by atoms with Crippen molar-refractivity contribution >= 4 is 5.82 Å². The Balaban J connectivity index is 2.71. The van der Waals surface area contributed by atoms with Crippen LogP contribution in [0.5, 0.6) is 0 Å². The molecule has 1 aromatic heterocycles. The van der Waals surface area contributed by atoms with Crippen LogP contribution in [0.2, 0.25) is 0 Å². The maximum absolute atomic E-state index is 9.05. The molecule has 1 aromatic rings. The lowest BCUT2D eigenvalue weighted by molar-refractivity contribution is 0.208. The molecular formula is C9H15N3O2. The highest BCUT2D eigenvalue weighted by molar-refractivity contribution is 5.35. The molecule has 1 atom stereocenters. The molecule has 5 nitrogen and oxygen atoms in total. The summed E-state index contributed by atoms with van der Waals surface area (Å²) < 4.78 is 0. The van der Waals surface area contributed by atoms with Gasteiger partial charge in [0.1, 0.15) is 12.4 Å². The maximum atomic E-state index is 9.05. The number of aryl methyl sites for hydroxylation is 1. The fraction of sp³-hybridized carbons (Fsp3) is 0.556. The minimum Gasteiger partial charge on any atom is -0.392 e. The molecule has 0 unspecified atom stereocenters. The van der Waals surface area contributed by atoms with Crippen LogP contribution >= 0.6 is 0 Å². The van der Waals surface area contributed by atoms with Crippen LogP contribution in [-0.2, 0) is 6.61 Å². The Kier molecular flexibility index (Phi) is 3.79. The number of hydrogen-bond donors (Lipinski definition) is 3. The quantitative estimate of drug-likeness (QED) is 0.636. The van der Waals surface area contributed by atoms with Gasteiger partial charge in [0, 0.05) is 18.3 Å². The van der Waals surface area contributed by atoms with Crippen molar-refractivity contribution in [2.24, 2.45) is 0 Å². The highest BCUT2D eigenvalue weighted by atomic mass is 16.3. The van der Waals surface area contributed by atoms with Crippen molar-refractivity contribution < 1.29 is 10.2 Å². The van der Waals surface area contributed by atoms with Crippen LogP contribution in [0.15, 0.2) is 6.07 Å². The summed E-state index contributed by atoms with van der Waals surface area (Å²) in [4.78, 5) is 8.06. The fourth-order valence-electron chi connectivity index (χ4n) is 1.04. The summed E-state index contributed by atoms with van der Waals surface area (Å²) in [6, 6.07) is 1.77. The molecule has 0 aliphatic heterocycles. The van der Waals surface area contributed by atoms with Gasteiger partial charge in [-0.1, -0.05) is 0 Å². The minimum atomic E-state index is -0.428. The Labute approximate surface area is 82.8 Å². The highest BCUT2D eigenvalue weighted by Crippen LogP contribution is 2.05. The van der Waals surface area contributed by atoms with Crippen LogP contribution in [0.25, 0.3) is 0 Å². The number of nitrogens with zero attached hydrogens (tertiary/aromatic N) is 2. The summed E-state index contributed by atoms with van der Waals surface area (Å²) in [5, 5.41) is 20.9. The number of aromatic nitrogens is 2. The van der Waals surface area contributed by atoms with Crippen molar-refractivity contribution in [2.75, 3.05) is 11.9 Å². The predicted molar refractivity (Wildman–Crippen MR) is 52.9 cm³/mol. The third-order valence-corrected chi connectivity index (χ3v) is 1.62. The number of aliphatic hydroxyl groups excluding tert-OH is 2. The second-order valence-corrected chi connectivity index (χ2v) is 3.20. The fourth-order valence-corrected chi connectivity index (χ4v) is 1.04. The second kappa shape index (κ2) is 4.88. The van der Waals surface area contributed by atoms with Gasteiger partial charge in [-0.3, -0.25) is 0 Å². The Morgan fingerprint density at radius 2 is 2.21 bits per heavy atom. The van der Waals surface area contributed by atoms with E-state index in [0.29, 0.717) is 18.2 Å². The van der Waals surface area contributed by atoms with Gasteiger partial charge in [0.25, 0.3) is 0 Å². The molecule has 0 aromatic carbocycles. The van der Waals surface area contributed by atoms with Gasteiger partial charge in [0.2, 0.25) is 0 Å². The average molecular weight is 197 g/mol. The van der Waals surface area contributed by atoms with E-state index in [2.05, 4.69) is 15.3 Å². The number of anilines is 1. The lowest BCUT2D eigenvalue weighted by Crippen LogP contribution is -2.16. The average Bonchev–Trinajstić information content (AvgIpc) is 2.14. The summed E-state index contributed by atoms with van der Waals surface area (Å²) in [6.45, 7) is 3.77. The van der Waals surface area contributed by atoms with Crippen molar-refractivity contribution in [3.63, 3.8) is 0 Å². The van der Waals surface area contributed by atoms with E-state index in [9.17, 15) is 0 Å². The summed E-state index contributed by atoms with van der Waals surface area (Å²) >= 11 is 0. The molecule has 78 valence electrons. The van der Waals surface area contributed by atoms with E-state index in [-0.39, 0.29) is 6.61 Å². The summed E-state index contributed by atoms with van der Waals surface area (Å²) in [7, 11) is 0. The smallest absolute Gasteiger partial charge is 0.156 e. The molecule has 0 spiro atoms. The second-order valence-electron chi connectivity index (χ2n) is 3.20. The lowest BCUT2D eigenvalue weighted by Gasteiger charge is -2.08. The van der Waals surface area contributed by atoms with Crippen molar-refractivity contribution in [3.05, 3.63) is 17.6 Å². The molecule has 0 saturated carbocycles. The number of aliphatic hydroxyl groups is 2. The standard InChI is InChI=1S/C9H15N3O2/c1-6-3-8(10-4-7(2)14)12-9(5-13)11-6/h3,7,13-14H,4-5H2,1-2H3,(H,10,11,12)/t7-/m1/s1. The number of nitrogens with one attached hydrogen (secondary N) is 1. The molecule has 0 fully saturated rings. The first-order chi connectivity index (χ1) is 6.61. The van der Waals surface area contributed by atoms with Gasteiger partial charge in [-0.05, 0) is 13.8 Å². The molecule has 0 aliphatic carbocycles. The van der Waals surface area contributed by atoms with Crippen molar-refractivity contribution in [2.45, 2.75) is 26.6 Å². The van der Waals surface area contributed by atoms with Crippen molar-refractivity contribution in [3.8, 4) is 0 Å². The van der Waals surface area contributed by atoms with Gasteiger partial charge in [0.15, 0.2) is 5.82 Å². The minimum absolute atomic E-state index is 0.176. The molecule has 0 aliphatic rings. The molecule has 14 heavy (non-hydrogen) atoms. The molecule has 1 rings (SSSR count). The SMILES string of the molecule is Cc1cc(NC[C@@H](C)O)nc(CO)n1. The van der Waals surface area contributed by atoms with E-state index in [1.165, 1.54) is 0 Å². The van der Waals surface area contributed by atoms with E-state index < -0.39 is 6.10 Å². The Morgan fingerprint density at radius 3 is 2.79 bits per heavy atom. The molecule has 3 N–H and O–H groups in total. The zero-order valence-corrected chi connectivity index (χ0v) is 8.36. The van der Waals surface area contributed by atoms with Crippen molar-refractivity contribution in [1.29, 1.82) is 0 Å². The van der Waals surface area contributed by atoms with Crippen LogP contribution in [0.4, 0.5) is 5.82 Å². The van der Waals surface area contributed by atoms with Crippen LogP contribution in [0, 0.1) is 6.92 Å². The van der Waals surface area contributed by atoms with E-state index in [4.69, 9.17) is 10.2 Å². The Bertz CT molecular complexity index is 302. The molecule has 5 heteroatoms. The van der Waals surface area contributed by atoms with Gasteiger partial charge in [-0.2, -0.15) is 0 Å². The largest absolute Gasteiger partial charge is 0.392 e. The van der Waals surface area contributed by atoms with Gasteiger partial charge in [-0.15, -0.1) is 0 Å². The predicted octanol–water partition coefficient (Wildman–Crippen LogP) is 0.0700. The van der Waals surface area contributed by atoms with Gasteiger partial charge in [-0.25, -0.2) is 9.97 Å². The maximum Gasteiger partial charge on any atom is 0.156 e. The first-order valence-corrected chi connectivity index (χ1v) is 4.49. The van der Waals surface area contributed by atoms with Crippen LogP contribution in [0.3, 0.4) is 0 Å². The van der Waals surface area contributed by atoms with E-state index in [0.717, 1.165) is 5.69 Å². The molecule has 1 heterocycles. The highest BCUT2D eigenvalue weighted by Gasteiger charge is 2.01. The Hall–Kier alpha value is -1.20. The van der Waals surface area contributed by atoms with Gasteiger partial charge in [0.05, 0.1) is 6.10 Å². The van der Waals surface area contributed by atoms with Gasteiger partial charge >= 0.3 is 0 Å². The van der Waals surface area contributed by atoms with Crippen LogP contribution in [0.1, 0.15) is 18.4 Å². The third kappa shape index (κ3) is 3.27. The summed E-state index contributed by atoms with van der Waals surface area (Å²) in [5.74, 6) is 1.01. The van der Waals surface area contributed by atoms with Crippen LogP contribution in [-0.4, -0.2) is 32.8 Å². The molecule has 0 amide bonds. The molecule has 0 saturated heterocycles. The zero-order valence-electron chi connectivity index (χ0n) is 8.36. The number of rotatable bonds is 4. The lowest BCUT2D eigenvalue weighted by atomic mass is 10.3. The van der Waals surface area contributed by atoms with E-state index >= 15 is 0 Å². The summed E-state index contributed by atoms with van der Waals surface area (Å²) in [5.41, 5.74) is 0.789. The van der Waals surface area contributed by atoms with E-state index in [1.807, 2.05) is 6.92 Å². The molecule has 0 bridgehead atoms. The normalized spacial score (nSPS) is 12.6. The topological polar surface area (TPSA) is 78.3 Å². The monoisotopic (exact) mass is 197 g/mol. The first-order valence-electron chi connectivity index (χ1n) is 4.49. The molecular weight excluding hydrogens is 182 g/mol. The summed E-state index contributed by atoms with van der Waals surface area (Å²) in [6.07, 6.45) is -0.428. The third-order valence-electron chi connectivity index (χ3n) is 1.62. The van der Waals surface area contributed by atoms with Gasteiger partial charge < -0.3 is 15.5 Å². The Morgan fingerprint density at radius 1 is 1.50 bits per heavy atom. The number of hydrogen-bond acceptors (Lipinski definition) is 5. The zero-order chi connectivity index (χ0) is 10.6. The van der Waals surface area contributed by atoms with E-state index in [1.54, 1.807) is 13.0 Å². The first kappa shape index (κ1) is 10.9. The van der Waals surface area contributed by atoms with Crippen LogP contribution < -0.4 is 5.32 Å². The van der Waals surface area contributed by atoms with Crippen molar-refractivity contribution in [1.82, 2.24) is 9.97 Å².